The number of halogens is 3. The van der Waals surface area contributed by atoms with Gasteiger partial charge < -0.3 is 10.4 Å². The number of anilines is 2. The molecule has 0 spiro atoms. The van der Waals surface area contributed by atoms with E-state index >= 15 is 0 Å². The van der Waals surface area contributed by atoms with Gasteiger partial charge in [-0.25, -0.2) is 24.0 Å². The average Bonchev–Trinajstić information content (AvgIpc) is 2.28. The van der Waals surface area contributed by atoms with Crippen LogP contribution >= 0.6 is 0 Å². The Morgan fingerprint density at radius 3 is 2.75 bits per heavy atom. The van der Waals surface area contributed by atoms with Crippen LogP contribution in [-0.4, -0.2) is 34.1 Å². The number of hydrogen-bond acceptors (Lipinski definition) is 6. The van der Waals surface area contributed by atoms with Gasteiger partial charge >= 0.3 is 0 Å². The van der Waals surface area contributed by atoms with Crippen LogP contribution in [0.5, 0.6) is 0 Å². The second-order valence-corrected chi connectivity index (χ2v) is 2.90. The Labute approximate surface area is 88.7 Å². The zero-order chi connectivity index (χ0) is 12.2. The van der Waals surface area contributed by atoms with Crippen LogP contribution in [-0.2, 0) is 0 Å². The van der Waals surface area contributed by atoms with E-state index in [4.69, 9.17) is 10.9 Å². The minimum atomic E-state index is -3.35. The van der Waals surface area contributed by atoms with Gasteiger partial charge in [0.2, 0.25) is 5.95 Å². The van der Waals surface area contributed by atoms with Crippen molar-refractivity contribution < 1.29 is 18.3 Å². The molecule has 9 heteroatoms. The quantitative estimate of drug-likeness (QED) is 0.423. The summed E-state index contributed by atoms with van der Waals surface area (Å²) in [5.41, 5.74) is 2.04. The van der Waals surface area contributed by atoms with Gasteiger partial charge in [0.15, 0.2) is 11.6 Å². The van der Waals surface area contributed by atoms with Gasteiger partial charge in [0.1, 0.15) is 6.61 Å². The van der Waals surface area contributed by atoms with Crippen molar-refractivity contribution in [1.29, 1.82) is 0 Å². The van der Waals surface area contributed by atoms with E-state index in [1.807, 2.05) is 10.7 Å². The molecule has 5 N–H and O–H groups in total. The Balaban J connectivity index is 2.73. The topological polar surface area (TPSA) is 96.1 Å². The molecule has 0 saturated carbocycles. The van der Waals surface area contributed by atoms with E-state index in [-0.39, 0.29) is 5.95 Å². The predicted octanol–water partition coefficient (Wildman–Crippen LogP) is -0.0592. The van der Waals surface area contributed by atoms with Gasteiger partial charge in [-0.3, -0.25) is 5.43 Å². The number of rotatable bonds is 5. The summed E-state index contributed by atoms with van der Waals surface area (Å²) in [6.07, 6.45) is 0.779. The van der Waals surface area contributed by atoms with Crippen molar-refractivity contribution in [2.75, 3.05) is 23.9 Å². The Kier molecular flexibility index (Phi) is 3.85. The van der Waals surface area contributed by atoms with Crippen molar-refractivity contribution in [3.8, 4) is 0 Å². The summed E-state index contributed by atoms with van der Waals surface area (Å²) < 4.78 is 38.3. The highest BCUT2D eigenvalue weighted by Gasteiger charge is 2.27. The molecule has 0 radical (unpaired) electrons. The average molecular weight is 237 g/mol. The number of aliphatic hydroxyl groups excluding tert-OH is 1. The van der Waals surface area contributed by atoms with Crippen LogP contribution in [0.3, 0.4) is 0 Å². The third kappa shape index (κ3) is 3.21. The molecule has 0 atom stereocenters. The lowest BCUT2D eigenvalue weighted by Gasteiger charge is -2.14. The first-order valence-corrected chi connectivity index (χ1v) is 4.20. The van der Waals surface area contributed by atoms with Crippen molar-refractivity contribution >= 4 is 11.8 Å². The lowest BCUT2D eigenvalue weighted by Crippen LogP contribution is -2.31. The maximum Gasteiger partial charge on any atom is 0.287 e. The smallest absolute Gasteiger partial charge is 0.287 e. The number of nitrogens with zero attached hydrogens (tertiary/aromatic N) is 2. The molecule has 0 fully saturated rings. The molecular formula is C7H10F3N5O. The van der Waals surface area contributed by atoms with Crippen LogP contribution in [0.2, 0.25) is 0 Å². The largest absolute Gasteiger partial charge is 0.390 e. The normalized spacial score (nSPS) is 11.3. The number of nitrogens with one attached hydrogen (secondary N) is 2. The number of nitrogens with two attached hydrogens (primary N) is 1. The molecule has 0 aromatic carbocycles. The molecule has 0 aliphatic rings. The second-order valence-electron chi connectivity index (χ2n) is 2.90. The van der Waals surface area contributed by atoms with Gasteiger partial charge in [-0.1, -0.05) is 0 Å². The number of hydrogen-bond donors (Lipinski definition) is 4. The highest BCUT2D eigenvalue weighted by molar-refractivity contribution is 5.40. The Morgan fingerprint density at radius 1 is 1.50 bits per heavy atom. The highest BCUT2D eigenvalue weighted by Crippen LogP contribution is 2.16. The van der Waals surface area contributed by atoms with E-state index < -0.39 is 30.7 Å². The Morgan fingerprint density at radius 2 is 2.19 bits per heavy atom. The summed E-state index contributed by atoms with van der Waals surface area (Å²) in [4.78, 5) is 6.90. The van der Waals surface area contributed by atoms with Crippen molar-refractivity contribution in [3.05, 3.63) is 12.0 Å². The summed E-state index contributed by atoms with van der Waals surface area (Å²) in [5.74, 6) is 0.180. The van der Waals surface area contributed by atoms with Crippen molar-refractivity contribution in [2.45, 2.75) is 5.92 Å². The first-order valence-electron chi connectivity index (χ1n) is 4.20. The van der Waals surface area contributed by atoms with Gasteiger partial charge in [-0.05, 0) is 0 Å². The predicted molar refractivity (Wildman–Crippen MR) is 50.3 cm³/mol. The molecule has 1 aromatic rings. The molecule has 0 unspecified atom stereocenters. The number of alkyl halides is 2. The maximum absolute atomic E-state index is 13.0. The molecule has 6 nitrogen and oxygen atoms in total. The van der Waals surface area contributed by atoms with Gasteiger partial charge in [0.25, 0.3) is 5.92 Å². The fourth-order valence-electron chi connectivity index (χ4n) is 0.830. The fourth-order valence-corrected chi connectivity index (χ4v) is 0.830. The van der Waals surface area contributed by atoms with E-state index in [2.05, 4.69) is 9.97 Å². The number of aliphatic hydroxyl groups is 1. The minimum Gasteiger partial charge on any atom is -0.390 e. The summed E-state index contributed by atoms with van der Waals surface area (Å²) in [5, 5.41) is 10.3. The van der Waals surface area contributed by atoms with Gasteiger partial charge in [0, 0.05) is 0 Å². The molecule has 16 heavy (non-hydrogen) atoms. The van der Waals surface area contributed by atoms with Gasteiger partial charge in [-0.2, -0.15) is 4.98 Å². The van der Waals surface area contributed by atoms with Crippen LogP contribution in [0.15, 0.2) is 6.20 Å². The van der Waals surface area contributed by atoms with Crippen LogP contribution in [0, 0.1) is 5.82 Å². The van der Waals surface area contributed by atoms with Crippen LogP contribution < -0.4 is 16.6 Å². The third-order valence-corrected chi connectivity index (χ3v) is 1.62. The number of aromatic nitrogens is 2. The fraction of sp³-hybridized carbons (Fsp3) is 0.429. The zero-order valence-electron chi connectivity index (χ0n) is 8.04. The van der Waals surface area contributed by atoms with Crippen molar-refractivity contribution in [1.82, 2.24) is 9.97 Å². The first-order chi connectivity index (χ1) is 7.48. The number of hydrazine groups is 1. The maximum atomic E-state index is 13.0. The molecule has 0 bridgehead atoms. The van der Waals surface area contributed by atoms with E-state index in [1.54, 1.807) is 0 Å². The molecule has 0 amide bonds. The molecule has 90 valence electrons. The van der Waals surface area contributed by atoms with Crippen LogP contribution in [0.4, 0.5) is 24.9 Å². The molecule has 1 aromatic heterocycles. The minimum absolute atomic E-state index is 0.115. The van der Waals surface area contributed by atoms with Crippen LogP contribution in [0.1, 0.15) is 0 Å². The summed E-state index contributed by atoms with van der Waals surface area (Å²) in [7, 11) is 0. The lowest BCUT2D eigenvalue weighted by molar-refractivity contribution is -0.0373. The Bertz CT molecular complexity index is 362. The summed E-state index contributed by atoms with van der Waals surface area (Å²) in [6, 6.07) is 0. The molecule has 1 heterocycles. The van der Waals surface area contributed by atoms with E-state index in [1.165, 1.54) is 0 Å². The summed E-state index contributed by atoms with van der Waals surface area (Å²) in [6.45, 7) is -2.28. The van der Waals surface area contributed by atoms with E-state index in [9.17, 15) is 13.2 Å². The van der Waals surface area contributed by atoms with Crippen molar-refractivity contribution in [2.24, 2.45) is 5.84 Å². The number of nitrogen functional groups attached to an aromatic ring is 1. The standard InChI is InChI=1S/C7H10F3N5O/c8-4-1-12-6(15-11)14-5(4)13-2-7(9,10)3-16/h1,16H,2-3,11H2,(H2,12,13,14,15). The highest BCUT2D eigenvalue weighted by atomic mass is 19.3. The Hall–Kier alpha value is -1.61. The molecule has 0 saturated heterocycles. The molecule has 0 aliphatic carbocycles. The van der Waals surface area contributed by atoms with Gasteiger partial charge in [-0.15, -0.1) is 0 Å². The van der Waals surface area contributed by atoms with Crippen LogP contribution in [0.25, 0.3) is 0 Å². The van der Waals surface area contributed by atoms with Crippen molar-refractivity contribution in [3.63, 3.8) is 0 Å². The monoisotopic (exact) mass is 237 g/mol. The third-order valence-electron chi connectivity index (χ3n) is 1.62. The molecular weight excluding hydrogens is 227 g/mol. The van der Waals surface area contributed by atoms with E-state index in [0.29, 0.717) is 0 Å². The SMILES string of the molecule is NNc1ncc(F)c(NCC(F)(F)CO)n1. The first kappa shape index (κ1) is 12.5. The molecule has 1 rings (SSSR count). The molecule has 0 aliphatic heterocycles. The van der Waals surface area contributed by atoms with Gasteiger partial charge in [0.05, 0.1) is 12.7 Å². The van der Waals surface area contributed by atoms with E-state index in [0.717, 1.165) is 6.20 Å². The summed E-state index contributed by atoms with van der Waals surface area (Å²) >= 11 is 0. The lowest BCUT2D eigenvalue weighted by atomic mass is 10.3. The zero-order valence-corrected chi connectivity index (χ0v) is 8.04. The second kappa shape index (κ2) is 4.94.